The maximum absolute atomic E-state index is 11.6. The summed E-state index contributed by atoms with van der Waals surface area (Å²) in [6.07, 6.45) is 3.51. The summed E-state index contributed by atoms with van der Waals surface area (Å²) in [4.78, 5) is 19.1. The fourth-order valence-corrected chi connectivity index (χ4v) is 3.67. The zero-order chi connectivity index (χ0) is 17.4. The van der Waals surface area contributed by atoms with Crippen LogP contribution in [0.2, 0.25) is 0 Å². The van der Waals surface area contributed by atoms with Gasteiger partial charge in [0.1, 0.15) is 5.78 Å². The van der Waals surface area contributed by atoms with Crippen molar-refractivity contribution in [3.8, 4) is 0 Å². The number of piperazine rings is 1. The molecular weight excluding hydrogens is 302 g/mol. The average Bonchev–Trinajstić information content (AvgIpc) is 2.58. The number of likely N-dealkylation sites (tertiary alicyclic amines) is 1. The fourth-order valence-electron chi connectivity index (χ4n) is 3.67. The number of carbonyl (C=O) groups excluding carboxylic acids is 1. The molecule has 0 saturated carbocycles. The first-order valence-electron chi connectivity index (χ1n) is 9.87. The third-order valence-corrected chi connectivity index (χ3v) is 5.34. The third kappa shape index (κ3) is 7.18. The summed E-state index contributed by atoms with van der Waals surface area (Å²) < 4.78 is 5.65. The van der Waals surface area contributed by atoms with E-state index in [0.29, 0.717) is 24.9 Å². The van der Waals surface area contributed by atoms with Gasteiger partial charge in [0.15, 0.2) is 0 Å². The first kappa shape index (κ1) is 19.8. The van der Waals surface area contributed by atoms with Gasteiger partial charge < -0.3 is 9.64 Å². The molecule has 140 valence electrons. The molecule has 0 atom stereocenters. The van der Waals surface area contributed by atoms with Gasteiger partial charge in [-0.25, -0.2) is 0 Å². The largest absolute Gasteiger partial charge is 0.377 e. The summed E-state index contributed by atoms with van der Waals surface area (Å²) in [6.45, 7) is 16.9. The van der Waals surface area contributed by atoms with E-state index in [9.17, 15) is 4.79 Å². The molecule has 0 bridgehead atoms. The molecular formula is C19H37N3O2. The highest BCUT2D eigenvalue weighted by Crippen LogP contribution is 2.19. The topological polar surface area (TPSA) is 36.0 Å². The lowest BCUT2D eigenvalue weighted by molar-refractivity contribution is -0.120. The van der Waals surface area contributed by atoms with E-state index in [4.69, 9.17) is 4.74 Å². The van der Waals surface area contributed by atoms with Crippen molar-refractivity contribution in [2.24, 2.45) is 5.92 Å². The molecule has 2 rings (SSSR count). The smallest absolute Gasteiger partial charge is 0.146 e. The summed E-state index contributed by atoms with van der Waals surface area (Å²) in [6, 6.07) is 0. The van der Waals surface area contributed by atoms with Gasteiger partial charge in [-0.05, 0) is 45.7 Å². The van der Waals surface area contributed by atoms with Crippen molar-refractivity contribution in [3.05, 3.63) is 0 Å². The van der Waals surface area contributed by atoms with Crippen molar-refractivity contribution in [1.29, 1.82) is 0 Å². The second-order valence-electron chi connectivity index (χ2n) is 7.67. The fraction of sp³-hybridized carbons (Fsp3) is 0.947. The van der Waals surface area contributed by atoms with Crippen LogP contribution in [0.1, 0.15) is 40.0 Å². The van der Waals surface area contributed by atoms with Gasteiger partial charge in [-0.1, -0.05) is 6.92 Å². The van der Waals surface area contributed by atoms with Crippen LogP contribution < -0.4 is 0 Å². The molecule has 0 aromatic heterocycles. The minimum Gasteiger partial charge on any atom is -0.377 e. The van der Waals surface area contributed by atoms with Crippen LogP contribution in [0.25, 0.3) is 0 Å². The number of nitrogens with zero attached hydrogens (tertiary/aromatic N) is 3. The number of rotatable bonds is 9. The van der Waals surface area contributed by atoms with E-state index in [-0.39, 0.29) is 0 Å². The molecule has 2 heterocycles. The Morgan fingerprint density at radius 2 is 1.62 bits per heavy atom. The summed E-state index contributed by atoms with van der Waals surface area (Å²) in [5.74, 6) is 1.19. The van der Waals surface area contributed by atoms with E-state index in [1.54, 1.807) is 0 Å². The van der Waals surface area contributed by atoms with Crippen molar-refractivity contribution in [2.45, 2.75) is 46.1 Å². The quantitative estimate of drug-likeness (QED) is 0.639. The van der Waals surface area contributed by atoms with Gasteiger partial charge in [0.05, 0.1) is 19.3 Å². The molecule has 2 aliphatic heterocycles. The van der Waals surface area contributed by atoms with Gasteiger partial charge >= 0.3 is 0 Å². The number of piperidine rings is 1. The molecule has 0 amide bonds. The van der Waals surface area contributed by atoms with E-state index in [1.165, 1.54) is 45.6 Å². The third-order valence-electron chi connectivity index (χ3n) is 5.34. The van der Waals surface area contributed by atoms with Crippen LogP contribution in [0, 0.1) is 5.92 Å². The van der Waals surface area contributed by atoms with Gasteiger partial charge in [-0.15, -0.1) is 0 Å². The second kappa shape index (κ2) is 10.5. The second-order valence-corrected chi connectivity index (χ2v) is 7.67. The predicted molar refractivity (Wildman–Crippen MR) is 98.4 cm³/mol. The summed E-state index contributed by atoms with van der Waals surface area (Å²) in [5, 5.41) is 0. The Hall–Kier alpha value is -0.490. The molecule has 2 saturated heterocycles. The van der Waals surface area contributed by atoms with Crippen LogP contribution in [-0.4, -0.2) is 92.1 Å². The van der Waals surface area contributed by atoms with E-state index in [0.717, 1.165) is 32.2 Å². The Labute approximate surface area is 148 Å². The van der Waals surface area contributed by atoms with Crippen LogP contribution >= 0.6 is 0 Å². The zero-order valence-corrected chi connectivity index (χ0v) is 16.0. The first-order chi connectivity index (χ1) is 11.6. The lowest BCUT2D eigenvalue weighted by Gasteiger charge is -2.38. The van der Waals surface area contributed by atoms with E-state index in [2.05, 4.69) is 28.5 Å². The normalized spacial score (nSPS) is 22.3. The lowest BCUT2D eigenvalue weighted by atomic mass is 9.95. The predicted octanol–water partition coefficient (Wildman–Crippen LogP) is 1.72. The molecule has 5 heteroatoms. The molecule has 2 fully saturated rings. The van der Waals surface area contributed by atoms with Gasteiger partial charge in [0, 0.05) is 45.7 Å². The molecule has 0 N–H and O–H groups in total. The first-order valence-corrected chi connectivity index (χ1v) is 9.87. The van der Waals surface area contributed by atoms with Crippen LogP contribution in [-0.2, 0) is 9.53 Å². The molecule has 2 aliphatic rings. The lowest BCUT2D eigenvalue weighted by Crippen LogP contribution is -2.49. The summed E-state index contributed by atoms with van der Waals surface area (Å²) >= 11 is 0. The molecule has 0 aromatic rings. The van der Waals surface area contributed by atoms with E-state index >= 15 is 0 Å². The molecule has 0 aliphatic carbocycles. The van der Waals surface area contributed by atoms with Crippen LogP contribution in [0.5, 0.6) is 0 Å². The van der Waals surface area contributed by atoms with Crippen LogP contribution in [0.4, 0.5) is 0 Å². The maximum Gasteiger partial charge on any atom is 0.146 e. The Morgan fingerprint density at radius 1 is 1.00 bits per heavy atom. The SMILES string of the molecule is CCC(=O)CN1CCC(CN2CCN(CCOC(C)C)CC2)CC1. The Balaban J connectivity index is 1.57. The minimum atomic E-state index is 0.338. The minimum absolute atomic E-state index is 0.338. The van der Waals surface area contributed by atoms with Crippen LogP contribution in [0.15, 0.2) is 0 Å². The van der Waals surface area contributed by atoms with E-state index < -0.39 is 0 Å². The number of ether oxygens (including phenoxy) is 1. The van der Waals surface area contributed by atoms with Crippen molar-refractivity contribution < 1.29 is 9.53 Å². The number of ketones is 1. The van der Waals surface area contributed by atoms with Gasteiger partial charge in [0.2, 0.25) is 0 Å². The van der Waals surface area contributed by atoms with Crippen LogP contribution in [0.3, 0.4) is 0 Å². The standard InChI is InChI=1S/C19H37N3O2/c1-4-19(23)16-21-7-5-18(6-8-21)15-22-11-9-20(10-12-22)13-14-24-17(2)3/h17-18H,4-16H2,1-3H3. The zero-order valence-electron chi connectivity index (χ0n) is 16.0. The monoisotopic (exact) mass is 339 g/mol. The van der Waals surface area contributed by atoms with Crippen molar-refractivity contribution in [2.75, 3.05) is 65.5 Å². The molecule has 0 aromatic carbocycles. The molecule has 0 radical (unpaired) electrons. The van der Waals surface area contributed by atoms with Gasteiger partial charge in [-0.3, -0.25) is 14.6 Å². The Kier molecular flexibility index (Phi) is 8.67. The van der Waals surface area contributed by atoms with Gasteiger partial charge in [0.25, 0.3) is 0 Å². The molecule has 0 unspecified atom stereocenters. The number of hydrogen-bond acceptors (Lipinski definition) is 5. The number of hydrogen-bond donors (Lipinski definition) is 0. The highest BCUT2D eigenvalue weighted by atomic mass is 16.5. The maximum atomic E-state index is 11.6. The van der Waals surface area contributed by atoms with Crippen molar-refractivity contribution >= 4 is 5.78 Å². The van der Waals surface area contributed by atoms with Gasteiger partial charge in [-0.2, -0.15) is 0 Å². The summed E-state index contributed by atoms with van der Waals surface area (Å²) in [5.41, 5.74) is 0. The van der Waals surface area contributed by atoms with E-state index in [1.807, 2.05) is 6.92 Å². The highest BCUT2D eigenvalue weighted by Gasteiger charge is 2.24. The summed E-state index contributed by atoms with van der Waals surface area (Å²) in [7, 11) is 0. The number of Topliss-reactive ketones (excluding diaryl/α,β-unsaturated/α-hetero) is 1. The Morgan fingerprint density at radius 3 is 2.21 bits per heavy atom. The van der Waals surface area contributed by atoms with Crippen molar-refractivity contribution in [3.63, 3.8) is 0 Å². The Bertz CT molecular complexity index is 360. The highest BCUT2D eigenvalue weighted by molar-refractivity contribution is 5.80. The average molecular weight is 340 g/mol. The number of carbonyl (C=O) groups is 1. The molecule has 24 heavy (non-hydrogen) atoms. The molecule has 5 nitrogen and oxygen atoms in total. The molecule has 0 spiro atoms. The van der Waals surface area contributed by atoms with Crippen molar-refractivity contribution in [1.82, 2.24) is 14.7 Å².